The smallest absolute Gasteiger partial charge is 0.0907 e. The summed E-state index contributed by atoms with van der Waals surface area (Å²) in [6, 6.07) is 2.19. The van der Waals surface area contributed by atoms with Crippen LogP contribution in [-0.2, 0) is 0 Å². The van der Waals surface area contributed by atoms with Crippen LogP contribution in [0.15, 0.2) is 6.07 Å². The molecule has 19 heavy (non-hydrogen) atoms. The fourth-order valence-electron chi connectivity index (χ4n) is 2.26. The average molecular weight is 273 g/mol. The van der Waals surface area contributed by atoms with Gasteiger partial charge in [0.15, 0.2) is 0 Å². The number of aromatic nitrogens is 1. The van der Waals surface area contributed by atoms with Crippen LogP contribution < -0.4 is 0 Å². The molecule has 2 heterocycles. The monoisotopic (exact) mass is 273 g/mol. The van der Waals surface area contributed by atoms with Gasteiger partial charge in [-0.15, -0.1) is 11.3 Å². The Bertz CT molecular complexity index is 638. The summed E-state index contributed by atoms with van der Waals surface area (Å²) in [5.74, 6) is 0.798. The Morgan fingerprint density at radius 1 is 1.11 bits per heavy atom. The SMILES string of the molecule is CC(C)c1cc2sc(C=N)c(C=N)c2nc1C(C)C. The number of hydrogen-bond acceptors (Lipinski definition) is 4. The fourth-order valence-corrected chi connectivity index (χ4v) is 3.26. The molecule has 0 amide bonds. The zero-order chi connectivity index (χ0) is 14.2. The topological polar surface area (TPSA) is 60.6 Å². The van der Waals surface area contributed by atoms with Crippen molar-refractivity contribution in [1.29, 1.82) is 10.8 Å². The normalized spacial score (nSPS) is 11.5. The zero-order valence-corrected chi connectivity index (χ0v) is 12.6. The van der Waals surface area contributed by atoms with Gasteiger partial charge in [-0.3, -0.25) is 4.98 Å². The van der Waals surface area contributed by atoms with Crippen LogP contribution in [0.1, 0.15) is 61.2 Å². The van der Waals surface area contributed by atoms with Gasteiger partial charge in [-0.05, 0) is 23.5 Å². The Kier molecular flexibility index (Phi) is 3.80. The van der Waals surface area contributed by atoms with Crippen molar-refractivity contribution in [2.75, 3.05) is 0 Å². The molecule has 0 aliphatic rings. The predicted octanol–water partition coefficient (Wildman–Crippen LogP) is 4.54. The lowest BCUT2D eigenvalue weighted by molar-refractivity contribution is 0.764. The summed E-state index contributed by atoms with van der Waals surface area (Å²) in [4.78, 5) is 5.60. The average Bonchev–Trinajstić information content (AvgIpc) is 2.73. The molecule has 0 aromatic carbocycles. The summed E-state index contributed by atoms with van der Waals surface area (Å²) in [6.45, 7) is 8.65. The number of pyridine rings is 1. The number of fused-ring (bicyclic) bond motifs is 1. The number of thiophene rings is 1. The maximum atomic E-state index is 7.54. The molecule has 0 unspecified atom stereocenters. The van der Waals surface area contributed by atoms with Crippen LogP contribution in [0.2, 0.25) is 0 Å². The summed E-state index contributed by atoms with van der Waals surface area (Å²) >= 11 is 1.54. The highest BCUT2D eigenvalue weighted by atomic mass is 32.1. The van der Waals surface area contributed by atoms with Crippen molar-refractivity contribution in [2.24, 2.45) is 0 Å². The van der Waals surface area contributed by atoms with Crippen LogP contribution in [0.5, 0.6) is 0 Å². The van der Waals surface area contributed by atoms with Crippen molar-refractivity contribution in [3.63, 3.8) is 0 Å². The van der Waals surface area contributed by atoms with E-state index in [0.29, 0.717) is 11.8 Å². The van der Waals surface area contributed by atoms with E-state index in [1.807, 2.05) is 0 Å². The van der Waals surface area contributed by atoms with Gasteiger partial charge in [0, 0.05) is 23.7 Å². The molecule has 100 valence electrons. The highest BCUT2D eigenvalue weighted by molar-refractivity contribution is 7.20. The van der Waals surface area contributed by atoms with Gasteiger partial charge in [0.05, 0.1) is 15.1 Å². The molecule has 0 atom stereocenters. The Morgan fingerprint density at radius 3 is 2.26 bits per heavy atom. The summed E-state index contributed by atoms with van der Waals surface area (Å²) < 4.78 is 1.07. The predicted molar refractivity (Wildman–Crippen MR) is 83.6 cm³/mol. The molecule has 0 saturated carbocycles. The van der Waals surface area contributed by atoms with E-state index in [1.54, 1.807) is 11.3 Å². The Morgan fingerprint density at radius 2 is 1.79 bits per heavy atom. The second-order valence-corrected chi connectivity index (χ2v) is 6.37. The van der Waals surface area contributed by atoms with Crippen LogP contribution in [0.4, 0.5) is 0 Å². The highest BCUT2D eigenvalue weighted by Crippen LogP contribution is 2.34. The van der Waals surface area contributed by atoms with Gasteiger partial charge >= 0.3 is 0 Å². The first-order chi connectivity index (χ1) is 8.99. The van der Waals surface area contributed by atoms with Crippen LogP contribution in [-0.4, -0.2) is 17.4 Å². The molecule has 0 radical (unpaired) electrons. The van der Waals surface area contributed by atoms with Crippen LogP contribution in [0, 0.1) is 10.8 Å². The first-order valence-corrected chi connectivity index (χ1v) is 7.29. The number of rotatable bonds is 4. The van der Waals surface area contributed by atoms with Crippen molar-refractivity contribution < 1.29 is 0 Å². The van der Waals surface area contributed by atoms with Crippen LogP contribution in [0.3, 0.4) is 0 Å². The molecule has 3 nitrogen and oxygen atoms in total. The van der Waals surface area contributed by atoms with Crippen molar-refractivity contribution >= 4 is 34.0 Å². The summed E-state index contributed by atoms with van der Waals surface area (Å²) in [7, 11) is 0. The summed E-state index contributed by atoms with van der Waals surface area (Å²) in [6.07, 6.45) is 2.63. The second kappa shape index (κ2) is 5.21. The highest BCUT2D eigenvalue weighted by Gasteiger charge is 2.17. The molecule has 0 aliphatic carbocycles. The Balaban J connectivity index is 2.83. The molecule has 2 aromatic rings. The lowest BCUT2D eigenvalue weighted by Crippen LogP contribution is -2.02. The molecule has 0 bridgehead atoms. The van der Waals surface area contributed by atoms with E-state index in [2.05, 4.69) is 33.8 Å². The van der Waals surface area contributed by atoms with E-state index in [4.69, 9.17) is 15.8 Å². The van der Waals surface area contributed by atoms with Gasteiger partial charge in [-0.1, -0.05) is 27.7 Å². The lowest BCUT2D eigenvalue weighted by atomic mass is 9.95. The number of nitrogens with one attached hydrogen (secondary N) is 2. The molecule has 2 rings (SSSR count). The minimum absolute atomic E-state index is 0.365. The summed E-state index contributed by atoms with van der Waals surface area (Å²) in [5, 5.41) is 15.0. The molecule has 0 saturated heterocycles. The fraction of sp³-hybridized carbons (Fsp3) is 0.400. The molecular weight excluding hydrogens is 254 g/mol. The van der Waals surface area contributed by atoms with Gasteiger partial charge in [0.25, 0.3) is 0 Å². The van der Waals surface area contributed by atoms with Crippen LogP contribution in [0.25, 0.3) is 10.2 Å². The first kappa shape index (κ1) is 13.9. The van der Waals surface area contributed by atoms with Crippen molar-refractivity contribution in [1.82, 2.24) is 4.98 Å². The summed E-state index contributed by atoms with van der Waals surface area (Å²) in [5.41, 5.74) is 4.02. The third-order valence-corrected chi connectivity index (χ3v) is 4.32. The molecule has 2 aromatic heterocycles. The van der Waals surface area contributed by atoms with Crippen molar-refractivity contribution in [3.8, 4) is 0 Å². The van der Waals surface area contributed by atoms with Gasteiger partial charge in [-0.2, -0.15) is 0 Å². The number of hydrogen-bond donors (Lipinski definition) is 2. The largest absolute Gasteiger partial charge is 0.308 e. The molecule has 2 N–H and O–H groups in total. The van der Waals surface area contributed by atoms with E-state index < -0.39 is 0 Å². The van der Waals surface area contributed by atoms with Gasteiger partial charge in [0.2, 0.25) is 0 Å². The molecule has 0 aliphatic heterocycles. The third kappa shape index (κ3) is 2.32. The quantitative estimate of drug-likeness (QED) is 0.789. The van der Waals surface area contributed by atoms with Crippen molar-refractivity contribution in [2.45, 2.75) is 39.5 Å². The van der Waals surface area contributed by atoms with E-state index in [0.717, 1.165) is 26.4 Å². The van der Waals surface area contributed by atoms with E-state index in [1.165, 1.54) is 18.0 Å². The van der Waals surface area contributed by atoms with E-state index in [-0.39, 0.29) is 0 Å². The van der Waals surface area contributed by atoms with Gasteiger partial charge in [-0.25, -0.2) is 0 Å². The maximum Gasteiger partial charge on any atom is 0.0907 e. The standard InChI is InChI=1S/C15H19N3S/c1-8(2)10-5-12-15(18-14(10)9(3)4)11(6-16)13(7-17)19-12/h5-9,16-17H,1-4H3. The van der Waals surface area contributed by atoms with Crippen LogP contribution >= 0.6 is 11.3 Å². The minimum Gasteiger partial charge on any atom is -0.308 e. The molecule has 4 heteroatoms. The lowest BCUT2D eigenvalue weighted by Gasteiger charge is -2.15. The minimum atomic E-state index is 0.365. The van der Waals surface area contributed by atoms with E-state index >= 15 is 0 Å². The van der Waals surface area contributed by atoms with Gasteiger partial charge < -0.3 is 10.8 Å². The molecule has 0 fully saturated rings. The Hall–Kier alpha value is -1.55. The van der Waals surface area contributed by atoms with Gasteiger partial charge in [0.1, 0.15) is 0 Å². The second-order valence-electron chi connectivity index (χ2n) is 5.29. The van der Waals surface area contributed by atoms with E-state index in [9.17, 15) is 0 Å². The Labute approximate surface area is 117 Å². The molecular formula is C15H19N3S. The third-order valence-electron chi connectivity index (χ3n) is 3.23. The first-order valence-electron chi connectivity index (χ1n) is 6.47. The van der Waals surface area contributed by atoms with Crippen molar-refractivity contribution in [3.05, 3.63) is 27.8 Å². The maximum absolute atomic E-state index is 7.54. The number of nitrogens with zero attached hydrogens (tertiary/aromatic N) is 1. The molecule has 0 spiro atoms. The zero-order valence-electron chi connectivity index (χ0n) is 11.7.